The zero-order valence-corrected chi connectivity index (χ0v) is 17.1. The quantitative estimate of drug-likeness (QED) is 0.541. The van der Waals surface area contributed by atoms with E-state index in [2.05, 4.69) is 9.98 Å². The molecule has 2 aliphatic heterocycles. The molecule has 9 heteroatoms. The Labute approximate surface area is 176 Å². The van der Waals surface area contributed by atoms with Crippen LogP contribution >= 0.6 is 23.4 Å². The lowest BCUT2D eigenvalue weighted by molar-refractivity contribution is -0.124. The number of hydrogen-bond donors (Lipinski definition) is 0. The molecule has 0 spiro atoms. The van der Waals surface area contributed by atoms with Gasteiger partial charge in [-0.1, -0.05) is 29.8 Å². The average molecular weight is 427 g/mol. The van der Waals surface area contributed by atoms with Gasteiger partial charge in [0.1, 0.15) is 5.69 Å². The Morgan fingerprint density at radius 3 is 2.62 bits per heavy atom. The monoisotopic (exact) mass is 426 g/mol. The van der Waals surface area contributed by atoms with Gasteiger partial charge in [-0.3, -0.25) is 19.3 Å². The number of para-hydroxylation sites is 1. The lowest BCUT2D eigenvalue weighted by Crippen LogP contribution is -2.32. The molecule has 3 heterocycles. The lowest BCUT2D eigenvalue weighted by atomic mass is 10.1. The Hall–Kier alpha value is -2.97. The number of benzene rings is 1. The summed E-state index contributed by atoms with van der Waals surface area (Å²) in [4.78, 5) is 49.5. The molecule has 2 aromatic rings. The Morgan fingerprint density at radius 2 is 1.93 bits per heavy atom. The van der Waals surface area contributed by atoms with Crippen LogP contribution in [0.5, 0.6) is 0 Å². The summed E-state index contributed by atoms with van der Waals surface area (Å²) in [5.41, 5.74) is 1.68. The second kappa shape index (κ2) is 7.46. The van der Waals surface area contributed by atoms with Gasteiger partial charge >= 0.3 is 0 Å². The first-order valence-electron chi connectivity index (χ1n) is 8.81. The first-order valence-corrected chi connectivity index (χ1v) is 10.0. The molecule has 4 rings (SSSR count). The summed E-state index contributed by atoms with van der Waals surface area (Å²) < 4.78 is 0. The van der Waals surface area contributed by atoms with E-state index in [4.69, 9.17) is 11.6 Å². The third-order valence-electron chi connectivity index (χ3n) is 4.51. The molecule has 1 aromatic carbocycles. The second-order valence-electron chi connectivity index (χ2n) is 6.24. The fourth-order valence-electron chi connectivity index (χ4n) is 3.23. The predicted octanol–water partition coefficient (Wildman–Crippen LogP) is 3.62. The molecule has 7 nitrogen and oxygen atoms in total. The van der Waals surface area contributed by atoms with Crippen LogP contribution in [-0.4, -0.2) is 39.3 Å². The minimum Gasteiger partial charge on any atom is -0.287 e. The summed E-state index contributed by atoms with van der Waals surface area (Å²) in [6.07, 6.45) is 1.55. The van der Waals surface area contributed by atoms with Crippen LogP contribution in [-0.2, 0) is 14.4 Å². The van der Waals surface area contributed by atoms with Crippen LogP contribution in [0.2, 0.25) is 5.15 Å². The molecule has 1 fully saturated rings. The zero-order chi connectivity index (χ0) is 20.7. The number of likely N-dealkylation sites (N-methyl/N-ethyl adjacent to an activating group) is 1. The summed E-state index contributed by atoms with van der Waals surface area (Å²) in [5, 5.41) is 0.622. The van der Waals surface area contributed by atoms with E-state index in [0.29, 0.717) is 28.7 Å². The molecule has 0 atom stereocenters. The van der Waals surface area contributed by atoms with Gasteiger partial charge in [0.15, 0.2) is 10.3 Å². The number of anilines is 1. The predicted molar refractivity (Wildman–Crippen MR) is 113 cm³/mol. The highest BCUT2D eigenvalue weighted by molar-refractivity contribution is 8.18. The number of thioether (sulfide) groups is 1. The molecule has 0 radical (unpaired) electrons. The fraction of sp³-hybridized carbons (Fsp3) is 0.150. The van der Waals surface area contributed by atoms with Gasteiger partial charge in [0.2, 0.25) is 5.91 Å². The Kier molecular flexibility index (Phi) is 4.97. The van der Waals surface area contributed by atoms with Crippen LogP contribution in [0.4, 0.5) is 11.4 Å². The van der Waals surface area contributed by atoms with Crippen molar-refractivity contribution in [3.8, 4) is 0 Å². The van der Waals surface area contributed by atoms with E-state index in [9.17, 15) is 14.4 Å². The fourth-order valence-corrected chi connectivity index (χ4v) is 4.54. The Morgan fingerprint density at radius 1 is 1.17 bits per heavy atom. The molecular formula is C20H15ClN4O3S. The highest BCUT2D eigenvalue weighted by Crippen LogP contribution is 2.45. The third-order valence-corrected chi connectivity index (χ3v) is 5.88. The first-order chi connectivity index (χ1) is 13.9. The van der Waals surface area contributed by atoms with Gasteiger partial charge in [-0.05, 0) is 36.9 Å². The van der Waals surface area contributed by atoms with E-state index in [1.807, 2.05) is 6.92 Å². The average Bonchev–Trinajstić information content (AvgIpc) is 3.16. The van der Waals surface area contributed by atoms with Gasteiger partial charge in [0.25, 0.3) is 11.8 Å². The number of amides is 3. The van der Waals surface area contributed by atoms with E-state index >= 15 is 0 Å². The van der Waals surface area contributed by atoms with Crippen LogP contribution in [0.25, 0.3) is 5.57 Å². The number of carbonyl (C=O) groups excluding carboxylic acids is 3. The van der Waals surface area contributed by atoms with Crippen molar-refractivity contribution in [3.63, 3.8) is 0 Å². The molecule has 146 valence electrons. The van der Waals surface area contributed by atoms with Crippen molar-refractivity contribution < 1.29 is 14.4 Å². The molecule has 29 heavy (non-hydrogen) atoms. The van der Waals surface area contributed by atoms with Gasteiger partial charge in [-0.15, -0.1) is 0 Å². The van der Waals surface area contributed by atoms with E-state index in [-0.39, 0.29) is 21.5 Å². The van der Waals surface area contributed by atoms with Gasteiger partial charge in [-0.25, -0.2) is 14.9 Å². The molecule has 0 unspecified atom stereocenters. The number of rotatable bonds is 2. The zero-order valence-electron chi connectivity index (χ0n) is 15.5. The molecule has 0 bridgehead atoms. The summed E-state index contributed by atoms with van der Waals surface area (Å²) >= 11 is 7.19. The Balaban J connectivity index is 1.86. The highest BCUT2D eigenvalue weighted by atomic mass is 35.5. The number of pyridine rings is 1. The maximum atomic E-state index is 13.1. The SMILES string of the molecule is CCN1C(=O)/C(=C2/C(=O)N(C(C)=O)c3ccccc32)SC1=Nc1cccnc1Cl. The Bertz CT molecular complexity index is 1130. The summed E-state index contributed by atoms with van der Waals surface area (Å²) in [6.45, 7) is 3.51. The first kappa shape index (κ1) is 19.4. The van der Waals surface area contributed by atoms with Crippen molar-refractivity contribution >= 4 is 63.2 Å². The van der Waals surface area contributed by atoms with Gasteiger partial charge < -0.3 is 0 Å². The number of halogens is 1. The van der Waals surface area contributed by atoms with Crippen molar-refractivity contribution in [2.24, 2.45) is 4.99 Å². The van der Waals surface area contributed by atoms with Crippen molar-refractivity contribution in [2.45, 2.75) is 13.8 Å². The smallest absolute Gasteiger partial charge is 0.267 e. The van der Waals surface area contributed by atoms with Crippen molar-refractivity contribution in [3.05, 3.63) is 58.2 Å². The topological polar surface area (TPSA) is 82.9 Å². The second-order valence-corrected chi connectivity index (χ2v) is 7.58. The van der Waals surface area contributed by atoms with Gasteiger partial charge in [-0.2, -0.15) is 0 Å². The molecule has 0 aliphatic carbocycles. The van der Waals surface area contributed by atoms with Crippen molar-refractivity contribution in [2.75, 3.05) is 11.4 Å². The molecule has 1 aromatic heterocycles. The number of nitrogens with zero attached hydrogens (tertiary/aromatic N) is 4. The van der Waals surface area contributed by atoms with E-state index < -0.39 is 11.8 Å². The molecule has 3 amide bonds. The minimum atomic E-state index is -0.508. The maximum Gasteiger partial charge on any atom is 0.267 e. The number of imide groups is 1. The molecule has 2 aliphatic rings. The minimum absolute atomic E-state index is 0.215. The number of hydrogen-bond acceptors (Lipinski definition) is 6. The summed E-state index contributed by atoms with van der Waals surface area (Å²) in [6, 6.07) is 10.3. The summed E-state index contributed by atoms with van der Waals surface area (Å²) in [7, 11) is 0. The van der Waals surface area contributed by atoms with E-state index in [0.717, 1.165) is 16.7 Å². The van der Waals surface area contributed by atoms with Gasteiger partial charge in [0, 0.05) is 25.2 Å². The van der Waals surface area contributed by atoms with E-state index in [1.165, 1.54) is 11.8 Å². The molecule has 0 N–H and O–H groups in total. The van der Waals surface area contributed by atoms with Crippen molar-refractivity contribution in [1.29, 1.82) is 0 Å². The van der Waals surface area contributed by atoms with Gasteiger partial charge in [0.05, 0.1) is 16.2 Å². The number of carbonyl (C=O) groups is 3. The molecule has 0 saturated carbocycles. The maximum absolute atomic E-state index is 13.1. The van der Waals surface area contributed by atoms with Crippen LogP contribution < -0.4 is 4.90 Å². The number of aromatic nitrogens is 1. The molecule has 1 saturated heterocycles. The standard InChI is InChI=1S/C20H15ClN4O3S/c1-3-24-19(28)16(29-20(24)23-13-8-6-10-22-17(13)21)15-12-7-4-5-9-14(12)25(11(2)26)18(15)27/h4-10H,3H2,1-2H3/b16-15-,23-20?. The highest BCUT2D eigenvalue weighted by Gasteiger charge is 2.43. The van der Waals surface area contributed by atoms with Crippen LogP contribution in [0.15, 0.2) is 52.5 Å². The van der Waals surface area contributed by atoms with Crippen molar-refractivity contribution in [1.82, 2.24) is 9.88 Å². The van der Waals surface area contributed by atoms with Crippen LogP contribution in [0.3, 0.4) is 0 Å². The number of fused-ring (bicyclic) bond motifs is 1. The summed E-state index contributed by atoms with van der Waals surface area (Å²) in [5.74, 6) is -1.25. The van der Waals surface area contributed by atoms with Crippen LogP contribution in [0, 0.1) is 0 Å². The molecular weight excluding hydrogens is 412 g/mol. The normalized spacial score (nSPS) is 20.0. The largest absolute Gasteiger partial charge is 0.287 e. The van der Waals surface area contributed by atoms with Crippen LogP contribution in [0.1, 0.15) is 19.4 Å². The number of amidine groups is 1. The number of aliphatic imine (C=N–C) groups is 1. The third kappa shape index (κ3) is 3.14. The lowest BCUT2D eigenvalue weighted by Gasteiger charge is -2.12. The van der Waals surface area contributed by atoms with E-state index in [1.54, 1.807) is 42.6 Å².